The molecule has 0 radical (unpaired) electrons. The maximum Gasteiger partial charge on any atom is 0.413 e. The van der Waals surface area contributed by atoms with E-state index in [2.05, 4.69) is 107 Å². The van der Waals surface area contributed by atoms with Gasteiger partial charge in [-0.1, -0.05) is 0 Å². The number of aromatic nitrogens is 10. The normalized spacial score (nSPS) is 13.5. The number of anilines is 9. The van der Waals surface area contributed by atoms with E-state index in [4.69, 9.17) is 34.8 Å². The van der Waals surface area contributed by atoms with Gasteiger partial charge in [0.1, 0.15) is 42.9 Å². The number of nitrogen functional groups attached to an aromatic ring is 1. The van der Waals surface area contributed by atoms with E-state index in [1.807, 2.05) is 96.9 Å². The molecule has 0 bridgehead atoms. The lowest BCUT2D eigenvalue weighted by Gasteiger charge is -2.32. The molecule has 5 amide bonds. The molecule has 0 atom stereocenters. The van der Waals surface area contributed by atoms with Crippen molar-refractivity contribution in [3.63, 3.8) is 0 Å². The van der Waals surface area contributed by atoms with Gasteiger partial charge in [0.25, 0.3) is 0 Å². The number of carbonyl (C=O) groups excluding carboxylic acids is 4. The van der Waals surface area contributed by atoms with Gasteiger partial charge < -0.3 is 93.6 Å². The quantitative estimate of drug-likeness (QED) is 0.0230. The van der Waals surface area contributed by atoms with E-state index in [0.717, 1.165) is 132 Å². The molecule has 35 heteroatoms. The highest BCUT2D eigenvalue weighted by molar-refractivity contribution is 7.99. The van der Waals surface area contributed by atoms with E-state index < -0.39 is 18.0 Å². The summed E-state index contributed by atoms with van der Waals surface area (Å²) in [5, 5.41) is 15.4. The standard InChI is InChI=1S/C16H20N4O3.C15H19N5OS.2C15H18N4O3.C13H14FN5O/c1-3-20(16(21)22-2)13-4-5-15-14(8-13)19(6-7-23-15)10-12-9-17-11-18-12;1-16-15(21)19(2)12-3-4-14-13(7-12)20(5-6-22-14)9-11-8-17-10-18-11;1-21-15(20)18-11-3-4-14-13(7-11)19(5-2-6-22-14)9-12-8-16-10-17-12;1-21-15(20)18-11-2-3-14-13(8-11)19(6-7-22-14)5-4-12-9-16-10-17-12;14-10-3-8(13(15)16)4-11-12(10)20-2-1-19(11)6-9-5-17-7-18-9/h4-5,8-9,11H,3,6-7,10H2,1-2H3,(H,17,18);3-4,7-8,10H,5-6,9H2,1-2H3,(H,16,21)(H,17,18);3-4,7-8,10H,2,5-6,9H2,1H3,(H,16,17)(H,18,20);2-3,8-10H,4-7H2,1H3,(H,16,17)(H,18,20);3-5,7H,1-2,6H2,(H3,15,16)(H,17,18). The molecule has 0 spiro atoms. The fourth-order valence-electron chi connectivity index (χ4n) is 12.3. The maximum atomic E-state index is 14.0. The third-order valence-corrected chi connectivity index (χ3v) is 18.8. The number of amides is 5. The molecule has 0 aliphatic carbocycles. The van der Waals surface area contributed by atoms with Crippen LogP contribution in [0.4, 0.5) is 74.8 Å². The minimum Gasteiger partial charge on any atom is -0.491 e. The van der Waals surface area contributed by atoms with Crippen LogP contribution in [-0.4, -0.2) is 193 Å². The summed E-state index contributed by atoms with van der Waals surface area (Å²) in [5.41, 5.74) is 18.6. The third-order valence-electron chi connectivity index (χ3n) is 17.8. The molecule has 0 unspecified atom stereocenters. The number of amidine groups is 1. The van der Waals surface area contributed by atoms with Gasteiger partial charge in [-0.15, -0.1) is 11.8 Å². The fraction of sp³-hybridized carbons (Fsp3) is 0.324. The molecule has 10 aromatic rings. The van der Waals surface area contributed by atoms with Crippen molar-refractivity contribution in [2.24, 2.45) is 5.73 Å². The number of H-pyrrole nitrogens is 5. The Morgan fingerprint density at radius 2 is 1.03 bits per heavy atom. The SMILES string of the molecule is CCN(C(=O)OC)c1ccc2c(c1)N(Cc1cnc[nH]1)CCO2.CNC(=O)N(C)c1ccc2c(c1)N(Cc1cnc[nH]1)CCS2.COC(=O)Nc1ccc2c(c1)N(CCc1cnc[nH]1)CCO2.COC(=O)Nc1ccc2c(c1)N(Cc1cnc[nH]1)CCCO2.N=C(N)c1cc(F)c2c(c1)N(Cc1cnc[nH]1)CCO2. The molecule has 5 aromatic carbocycles. The Hall–Kier alpha value is -12.8. The van der Waals surface area contributed by atoms with Crippen molar-refractivity contribution in [2.45, 2.75) is 50.8 Å². The Bertz CT molecular complexity index is 4600. The van der Waals surface area contributed by atoms with Crippen LogP contribution < -0.4 is 74.9 Å². The number of methoxy groups -OCH3 is 3. The highest BCUT2D eigenvalue weighted by atomic mass is 32.2. The lowest BCUT2D eigenvalue weighted by Crippen LogP contribution is -2.35. The summed E-state index contributed by atoms with van der Waals surface area (Å²) in [4.78, 5) is 97.4. The zero-order valence-electron chi connectivity index (χ0n) is 61.3. The van der Waals surface area contributed by atoms with E-state index in [-0.39, 0.29) is 23.7 Å². The van der Waals surface area contributed by atoms with E-state index in [1.165, 1.54) is 38.0 Å². The van der Waals surface area contributed by atoms with Gasteiger partial charge in [-0.05, 0) is 98.3 Å². The largest absolute Gasteiger partial charge is 0.491 e. The summed E-state index contributed by atoms with van der Waals surface area (Å²) in [6, 6.07) is 25.8. The summed E-state index contributed by atoms with van der Waals surface area (Å²) in [5.74, 6) is 3.06. The Morgan fingerprint density at radius 3 is 1.54 bits per heavy atom. The molecule has 0 saturated carbocycles. The first-order valence-corrected chi connectivity index (χ1v) is 36.1. The Morgan fingerprint density at radius 1 is 0.560 bits per heavy atom. The van der Waals surface area contributed by atoms with Crippen molar-refractivity contribution in [2.75, 3.05) is 158 Å². The lowest BCUT2D eigenvalue weighted by atomic mass is 10.1. The number of thioether (sulfide) groups is 1. The third kappa shape index (κ3) is 20.6. The van der Waals surface area contributed by atoms with Crippen LogP contribution in [-0.2, 0) is 46.8 Å². The van der Waals surface area contributed by atoms with Gasteiger partial charge in [-0.25, -0.2) is 48.5 Å². The molecular weight excluding hydrogens is 1420 g/mol. The molecule has 5 aliphatic heterocycles. The monoisotopic (exact) mass is 1510 g/mol. The van der Waals surface area contributed by atoms with Crippen LogP contribution in [0.2, 0.25) is 0 Å². The van der Waals surface area contributed by atoms with Crippen molar-refractivity contribution in [1.29, 1.82) is 5.41 Å². The highest BCUT2D eigenvalue weighted by Gasteiger charge is 2.27. The molecule has 5 aliphatic rings. The van der Waals surface area contributed by atoms with Gasteiger partial charge in [0, 0.05) is 122 Å². The average Bonchev–Trinajstić information content (AvgIpc) is 1.71. The van der Waals surface area contributed by atoms with E-state index in [9.17, 15) is 23.6 Å². The molecule has 109 heavy (non-hydrogen) atoms. The molecule has 0 fully saturated rings. The number of aromatic amines is 5. The van der Waals surface area contributed by atoms with Crippen LogP contribution >= 0.6 is 11.8 Å². The van der Waals surface area contributed by atoms with Gasteiger partial charge in [0.2, 0.25) is 0 Å². The predicted octanol–water partition coefficient (Wildman–Crippen LogP) is 10.3. The second-order valence-electron chi connectivity index (χ2n) is 24.9. The van der Waals surface area contributed by atoms with Crippen molar-refractivity contribution in [3.05, 3.63) is 187 Å². The number of rotatable bonds is 17. The molecule has 11 N–H and O–H groups in total. The van der Waals surface area contributed by atoms with Gasteiger partial charge in [0.15, 0.2) is 11.6 Å². The molecule has 5 aromatic heterocycles. The van der Waals surface area contributed by atoms with E-state index in [1.54, 1.807) is 79.9 Å². The number of benzene rings is 5. The van der Waals surface area contributed by atoms with Gasteiger partial charge in [0.05, 0.1) is 157 Å². The van der Waals surface area contributed by atoms with Gasteiger partial charge in [-0.2, -0.15) is 0 Å². The fourth-order valence-corrected chi connectivity index (χ4v) is 13.3. The summed E-state index contributed by atoms with van der Waals surface area (Å²) in [6.07, 6.45) is 17.8. The number of nitrogens with one attached hydrogen (secondary N) is 9. The molecular formula is C74H89FN22O11S. The van der Waals surface area contributed by atoms with E-state index in [0.29, 0.717) is 81.8 Å². The summed E-state index contributed by atoms with van der Waals surface area (Å²) < 4.78 is 50.7. The van der Waals surface area contributed by atoms with Crippen LogP contribution in [0.15, 0.2) is 152 Å². The molecule has 33 nitrogen and oxygen atoms in total. The summed E-state index contributed by atoms with van der Waals surface area (Å²) >= 11 is 1.85. The Balaban J connectivity index is 0.000000135. The summed E-state index contributed by atoms with van der Waals surface area (Å²) in [6.45, 7) is 12.5. The molecule has 0 saturated heterocycles. The van der Waals surface area contributed by atoms with Crippen LogP contribution in [0.3, 0.4) is 0 Å². The first kappa shape index (κ1) is 77.3. The van der Waals surface area contributed by atoms with E-state index >= 15 is 0 Å². The predicted molar refractivity (Wildman–Crippen MR) is 414 cm³/mol. The van der Waals surface area contributed by atoms with Crippen molar-refractivity contribution in [1.82, 2.24) is 55.2 Å². The number of imidazole rings is 5. The topological polar surface area (TPSA) is 385 Å². The Labute approximate surface area is 632 Å². The zero-order chi connectivity index (χ0) is 76.6. The number of urea groups is 1. The number of fused-ring (bicyclic) bond motifs is 5. The average molecular weight is 1510 g/mol. The number of nitrogens with zero attached hydrogens (tertiary/aromatic N) is 12. The van der Waals surface area contributed by atoms with Crippen molar-refractivity contribution in [3.8, 4) is 23.0 Å². The minimum absolute atomic E-state index is 0.122. The maximum absolute atomic E-state index is 14.0. The molecule has 10 heterocycles. The van der Waals surface area contributed by atoms with Crippen molar-refractivity contribution >= 4 is 93.1 Å². The van der Waals surface area contributed by atoms with Gasteiger partial charge in [-0.3, -0.25) is 25.8 Å². The number of hydrogen-bond donors (Lipinski definition) is 10. The minimum atomic E-state index is -0.498. The zero-order valence-corrected chi connectivity index (χ0v) is 62.1. The van der Waals surface area contributed by atoms with Crippen LogP contribution in [0, 0.1) is 11.2 Å². The number of carbonyl (C=O) groups is 4. The second-order valence-corrected chi connectivity index (χ2v) is 26.0. The first-order valence-electron chi connectivity index (χ1n) is 35.1. The molecule has 15 rings (SSSR count). The van der Waals surface area contributed by atoms with Crippen molar-refractivity contribution < 1.29 is 56.7 Å². The Kier molecular flexibility index (Phi) is 26.9. The number of ether oxygens (including phenoxy) is 7. The smallest absolute Gasteiger partial charge is 0.413 e. The van der Waals surface area contributed by atoms with Crippen LogP contribution in [0.25, 0.3) is 0 Å². The summed E-state index contributed by atoms with van der Waals surface area (Å²) in [7, 11) is 7.48. The lowest BCUT2D eigenvalue weighted by molar-refractivity contribution is 0.179. The number of halogens is 1. The molecule has 574 valence electrons. The van der Waals surface area contributed by atoms with Crippen LogP contribution in [0.1, 0.15) is 47.4 Å². The first-order chi connectivity index (χ1) is 53.1. The number of nitrogens with two attached hydrogens (primary N) is 1. The second kappa shape index (κ2) is 37.9. The van der Waals surface area contributed by atoms with Crippen LogP contribution in [0.5, 0.6) is 23.0 Å². The van der Waals surface area contributed by atoms with Gasteiger partial charge >= 0.3 is 24.3 Å². The number of hydrogen-bond acceptors (Lipinski definition) is 23. The highest BCUT2D eigenvalue weighted by Crippen LogP contribution is 2.41.